The van der Waals surface area contributed by atoms with Gasteiger partial charge in [-0.05, 0) is 44.4 Å². The predicted octanol–water partition coefficient (Wildman–Crippen LogP) is 2.15. The van der Waals surface area contributed by atoms with Crippen LogP contribution in [0.2, 0.25) is 0 Å². The number of anilines is 2. The van der Waals surface area contributed by atoms with E-state index in [1.807, 2.05) is 25.1 Å². The molecule has 0 amide bonds. The standard InChI is InChI=1S/C12H20N2O/c1-9-5-6-12(11(13)8-9)14-10(2)4-3-7-15/h5-6,8,10,14-15H,3-4,7,13H2,1-2H3. The molecule has 0 saturated heterocycles. The Kier molecular flexibility index (Phi) is 4.43. The summed E-state index contributed by atoms with van der Waals surface area (Å²) < 4.78 is 0. The minimum Gasteiger partial charge on any atom is -0.397 e. The van der Waals surface area contributed by atoms with Crippen LogP contribution in [0.5, 0.6) is 0 Å². The van der Waals surface area contributed by atoms with E-state index in [1.165, 1.54) is 5.56 Å². The lowest BCUT2D eigenvalue weighted by atomic mass is 10.1. The molecule has 0 heterocycles. The lowest BCUT2D eigenvalue weighted by molar-refractivity contribution is 0.282. The summed E-state index contributed by atoms with van der Waals surface area (Å²) in [4.78, 5) is 0. The van der Waals surface area contributed by atoms with Gasteiger partial charge in [0.1, 0.15) is 0 Å². The van der Waals surface area contributed by atoms with E-state index in [9.17, 15) is 0 Å². The third kappa shape index (κ3) is 3.80. The predicted molar refractivity (Wildman–Crippen MR) is 65.0 cm³/mol. The van der Waals surface area contributed by atoms with Crippen molar-refractivity contribution in [1.82, 2.24) is 0 Å². The summed E-state index contributed by atoms with van der Waals surface area (Å²) in [6.45, 7) is 4.36. The fraction of sp³-hybridized carbons (Fsp3) is 0.500. The summed E-state index contributed by atoms with van der Waals surface area (Å²) in [6, 6.07) is 6.33. The Labute approximate surface area is 91.3 Å². The minimum atomic E-state index is 0.245. The summed E-state index contributed by atoms with van der Waals surface area (Å²) in [5, 5.41) is 12.1. The van der Waals surface area contributed by atoms with E-state index in [0.29, 0.717) is 6.04 Å². The van der Waals surface area contributed by atoms with Crippen LogP contribution < -0.4 is 11.1 Å². The molecule has 84 valence electrons. The van der Waals surface area contributed by atoms with Crippen molar-refractivity contribution in [2.45, 2.75) is 32.7 Å². The van der Waals surface area contributed by atoms with Gasteiger partial charge in [0.15, 0.2) is 0 Å². The van der Waals surface area contributed by atoms with E-state index in [1.54, 1.807) is 0 Å². The van der Waals surface area contributed by atoms with Crippen LogP contribution in [0, 0.1) is 6.92 Å². The fourth-order valence-electron chi connectivity index (χ4n) is 1.55. The molecular weight excluding hydrogens is 188 g/mol. The van der Waals surface area contributed by atoms with Gasteiger partial charge in [0, 0.05) is 12.6 Å². The summed E-state index contributed by atoms with van der Waals surface area (Å²) in [5.41, 5.74) is 8.82. The van der Waals surface area contributed by atoms with E-state index in [-0.39, 0.29) is 6.61 Å². The van der Waals surface area contributed by atoms with Gasteiger partial charge in [0.2, 0.25) is 0 Å². The first-order valence-electron chi connectivity index (χ1n) is 5.37. The van der Waals surface area contributed by atoms with Crippen molar-refractivity contribution in [2.75, 3.05) is 17.7 Å². The zero-order valence-electron chi connectivity index (χ0n) is 9.46. The number of nitrogens with one attached hydrogen (secondary N) is 1. The fourth-order valence-corrected chi connectivity index (χ4v) is 1.55. The molecule has 0 aliphatic carbocycles. The highest BCUT2D eigenvalue weighted by Gasteiger charge is 2.04. The van der Waals surface area contributed by atoms with Gasteiger partial charge in [-0.25, -0.2) is 0 Å². The normalized spacial score (nSPS) is 12.5. The molecule has 0 aromatic heterocycles. The largest absolute Gasteiger partial charge is 0.397 e. The number of aliphatic hydroxyl groups is 1. The van der Waals surface area contributed by atoms with Crippen LogP contribution in [0.1, 0.15) is 25.3 Å². The van der Waals surface area contributed by atoms with Gasteiger partial charge in [0.25, 0.3) is 0 Å². The average molecular weight is 208 g/mol. The molecule has 1 aromatic carbocycles. The van der Waals surface area contributed by atoms with Crippen LogP contribution in [0.25, 0.3) is 0 Å². The first-order chi connectivity index (χ1) is 7.13. The minimum absolute atomic E-state index is 0.245. The van der Waals surface area contributed by atoms with Crippen LogP contribution >= 0.6 is 0 Å². The molecule has 0 fully saturated rings. The van der Waals surface area contributed by atoms with Gasteiger partial charge in [0.05, 0.1) is 11.4 Å². The highest BCUT2D eigenvalue weighted by Crippen LogP contribution is 2.20. The monoisotopic (exact) mass is 208 g/mol. The molecule has 0 saturated carbocycles. The molecule has 3 heteroatoms. The summed E-state index contributed by atoms with van der Waals surface area (Å²) >= 11 is 0. The molecule has 0 aliphatic rings. The Balaban J connectivity index is 2.56. The molecule has 15 heavy (non-hydrogen) atoms. The molecule has 1 unspecified atom stereocenters. The molecule has 0 spiro atoms. The lowest BCUT2D eigenvalue weighted by Crippen LogP contribution is -2.16. The van der Waals surface area contributed by atoms with Crippen LogP contribution in [-0.2, 0) is 0 Å². The number of aliphatic hydroxyl groups excluding tert-OH is 1. The van der Waals surface area contributed by atoms with Crippen LogP contribution in [0.4, 0.5) is 11.4 Å². The molecule has 0 radical (unpaired) electrons. The van der Waals surface area contributed by atoms with Crippen molar-refractivity contribution in [2.24, 2.45) is 0 Å². The molecule has 0 bridgehead atoms. The molecule has 4 N–H and O–H groups in total. The molecule has 1 aromatic rings. The Hall–Kier alpha value is -1.22. The number of nitrogens with two attached hydrogens (primary N) is 1. The van der Waals surface area contributed by atoms with Gasteiger partial charge in [-0.1, -0.05) is 6.07 Å². The van der Waals surface area contributed by atoms with E-state index in [4.69, 9.17) is 10.8 Å². The number of nitrogen functional groups attached to an aromatic ring is 1. The van der Waals surface area contributed by atoms with Crippen LogP contribution in [0.15, 0.2) is 18.2 Å². The van der Waals surface area contributed by atoms with Crippen LogP contribution in [0.3, 0.4) is 0 Å². The number of benzene rings is 1. The first-order valence-corrected chi connectivity index (χ1v) is 5.37. The maximum absolute atomic E-state index is 8.72. The van der Waals surface area contributed by atoms with E-state index < -0.39 is 0 Å². The molecule has 1 atom stereocenters. The number of rotatable bonds is 5. The Morgan fingerprint density at radius 1 is 1.47 bits per heavy atom. The zero-order valence-corrected chi connectivity index (χ0v) is 9.46. The van der Waals surface area contributed by atoms with Gasteiger partial charge in [-0.3, -0.25) is 0 Å². The second-order valence-electron chi connectivity index (χ2n) is 4.00. The Bertz CT molecular complexity index is 312. The second-order valence-corrected chi connectivity index (χ2v) is 4.00. The average Bonchev–Trinajstić information content (AvgIpc) is 2.19. The second kappa shape index (κ2) is 5.61. The lowest BCUT2D eigenvalue weighted by Gasteiger charge is -2.16. The molecule has 3 nitrogen and oxygen atoms in total. The quantitative estimate of drug-likeness (QED) is 0.650. The van der Waals surface area contributed by atoms with E-state index in [0.717, 1.165) is 24.2 Å². The van der Waals surface area contributed by atoms with Crippen LogP contribution in [-0.4, -0.2) is 17.8 Å². The van der Waals surface area contributed by atoms with Crippen molar-refractivity contribution in [3.63, 3.8) is 0 Å². The van der Waals surface area contributed by atoms with Crippen molar-refractivity contribution < 1.29 is 5.11 Å². The number of aryl methyl sites for hydroxylation is 1. The summed E-state index contributed by atoms with van der Waals surface area (Å²) in [6.07, 6.45) is 1.77. The molecule has 1 rings (SSSR count). The van der Waals surface area contributed by atoms with Crippen molar-refractivity contribution >= 4 is 11.4 Å². The van der Waals surface area contributed by atoms with Gasteiger partial charge >= 0.3 is 0 Å². The van der Waals surface area contributed by atoms with Gasteiger partial charge in [-0.2, -0.15) is 0 Å². The highest BCUT2D eigenvalue weighted by atomic mass is 16.2. The smallest absolute Gasteiger partial charge is 0.0576 e. The van der Waals surface area contributed by atoms with Gasteiger partial charge < -0.3 is 16.2 Å². The third-order valence-corrected chi connectivity index (χ3v) is 2.40. The summed E-state index contributed by atoms with van der Waals surface area (Å²) in [5.74, 6) is 0. The molecule has 0 aliphatic heterocycles. The van der Waals surface area contributed by atoms with E-state index >= 15 is 0 Å². The topological polar surface area (TPSA) is 58.3 Å². The number of hydrogen-bond acceptors (Lipinski definition) is 3. The number of hydrogen-bond donors (Lipinski definition) is 3. The third-order valence-electron chi connectivity index (χ3n) is 2.40. The van der Waals surface area contributed by atoms with Crippen molar-refractivity contribution in [3.05, 3.63) is 23.8 Å². The van der Waals surface area contributed by atoms with E-state index in [2.05, 4.69) is 12.2 Å². The Morgan fingerprint density at radius 3 is 2.80 bits per heavy atom. The SMILES string of the molecule is Cc1ccc(NC(C)CCCO)c(N)c1. The Morgan fingerprint density at radius 2 is 2.20 bits per heavy atom. The highest BCUT2D eigenvalue weighted by molar-refractivity contribution is 5.67. The first kappa shape index (κ1) is 11.9. The molecular formula is C12H20N2O. The maximum atomic E-state index is 8.72. The van der Waals surface area contributed by atoms with Crippen molar-refractivity contribution in [3.8, 4) is 0 Å². The maximum Gasteiger partial charge on any atom is 0.0576 e. The van der Waals surface area contributed by atoms with Crippen molar-refractivity contribution in [1.29, 1.82) is 0 Å². The summed E-state index contributed by atoms with van der Waals surface area (Å²) in [7, 11) is 0. The van der Waals surface area contributed by atoms with Gasteiger partial charge in [-0.15, -0.1) is 0 Å². The zero-order chi connectivity index (χ0) is 11.3.